The van der Waals surface area contributed by atoms with Crippen LogP contribution in [0.15, 0.2) is 30.7 Å². The Bertz CT molecular complexity index is 680. The molecule has 0 unspecified atom stereocenters. The van der Waals surface area contributed by atoms with Crippen molar-refractivity contribution in [2.24, 2.45) is 7.05 Å². The predicted octanol–water partition coefficient (Wildman–Crippen LogP) is 1.84. The Morgan fingerprint density at radius 2 is 2.04 bits per heavy atom. The number of rotatable bonds is 4. The molecule has 0 radical (unpaired) electrons. The van der Waals surface area contributed by atoms with E-state index in [0.717, 1.165) is 57.9 Å². The first-order valence-corrected chi connectivity index (χ1v) is 9.09. The van der Waals surface area contributed by atoms with Crippen LogP contribution in [0, 0.1) is 0 Å². The second-order valence-electron chi connectivity index (χ2n) is 7.16. The molecular formula is C18H26N6O. The molecule has 7 heteroatoms. The molecule has 2 aliphatic rings. The molecule has 134 valence electrons. The van der Waals surface area contributed by atoms with Crippen LogP contribution in [0.3, 0.4) is 0 Å². The Morgan fingerprint density at radius 3 is 2.76 bits per heavy atom. The molecule has 2 aromatic rings. The van der Waals surface area contributed by atoms with Crippen LogP contribution in [-0.4, -0.2) is 56.0 Å². The van der Waals surface area contributed by atoms with E-state index in [4.69, 9.17) is 4.74 Å². The van der Waals surface area contributed by atoms with Gasteiger partial charge in [-0.25, -0.2) is 9.97 Å². The number of anilines is 1. The summed E-state index contributed by atoms with van der Waals surface area (Å²) in [5, 5.41) is 7.74. The van der Waals surface area contributed by atoms with Crippen LogP contribution >= 0.6 is 0 Å². The molecule has 1 spiro atoms. The van der Waals surface area contributed by atoms with Gasteiger partial charge >= 0.3 is 0 Å². The predicted molar refractivity (Wildman–Crippen MR) is 95.1 cm³/mol. The van der Waals surface area contributed by atoms with Gasteiger partial charge in [-0.2, -0.15) is 5.10 Å². The van der Waals surface area contributed by atoms with Crippen LogP contribution in [0.1, 0.15) is 31.4 Å². The third-order valence-corrected chi connectivity index (χ3v) is 5.47. The van der Waals surface area contributed by atoms with E-state index in [1.807, 2.05) is 24.0 Å². The van der Waals surface area contributed by atoms with Gasteiger partial charge in [-0.3, -0.25) is 9.58 Å². The van der Waals surface area contributed by atoms with Gasteiger partial charge in [0.2, 0.25) is 5.95 Å². The fraction of sp³-hybridized carbons (Fsp3) is 0.611. The summed E-state index contributed by atoms with van der Waals surface area (Å²) in [6, 6.07) is 4.33. The fourth-order valence-electron chi connectivity index (χ4n) is 3.96. The van der Waals surface area contributed by atoms with Gasteiger partial charge in [-0.1, -0.05) is 0 Å². The minimum absolute atomic E-state index is 0.00759. The van der Waals surface area contributed by atoms with Gasteiger partial charge in [0.1, 0.15) is 0 Å². The Morgan fingerprint density at radius 1 is 1.24 bits per heavy atom. The lowest BCUT2D eigenvalue weighted by Gasteiger charge is -2.46. The maximum atomic E-state index is 6.26. The molecule has 1 atom stereocenters. The van der Waals surface area contributed by atoms with Gasteiger partial charge in [0.15, 0.2) is 0 Å². The van der Waals surface area contributed by atoms with E-state index in [1.54, 1.807) is 12.4 Å². The largest absolute Gasteiger partial charge is 0.375 e. The van der Waals surface area contributed by atoms with Gasteiger partial charge in [0, 0.05) is 57.9 Å². The molecule has 0 aliphatic carbocycles. The number of nitrogens with zero attached hydrogens (tertiary/aromatic N) is 5. The molecule has 2 aromatic heterocycles. The highest BCUT2D eigenvalue weighted by atomic mass is 16.5. The zero-order valence-corrected chi connectivity index (χ0v) is 14.8. The molecule has 0 saturated carbocycles. The van der Waals surface area contributed by atoms with Gasteiger partial charge in [0.25, 0.3) is 0 Å². The lowest BCUT2D eigenvalue weighted by atomic mass is 9.82. The summed E-state index contributed by atoms with van der Waals surface area (Å²) in [7, 11) is 2.01. The number of hydrogen-bond acceptors (Lipinski definition) is 6. The van der Waals surface area contributed by atoms with Crippen molar-refractivity contribution in [3.8, 4) is 0 Å². The maximum absolute atomic E-state index is 6.26. The minimum Gasteiger partial charge on any atom is -0.375 e. The smallest absolute Gasteiger partial charge is 0.222 e. The summed E-state index contributed by atoms with van der Waals surface area (Å²) in [4.78, 5) is 11.1. The highest BCUT2D eigenvalue weighted by Gasteiger charge is 2.40. The first kappa shape index (κ1) is 16.5. The van der Waals surface area contributed by atoms with Crippen molar-refractivity contribution in [2.75, 3.05) is 25.0 Å². The quantitative estimate of drug-likeness (QED) is 0.914. The van der Waals surface area contributed by atoms with Crippen LogP contribution in [-0.2, 0) is 18.3 Å². The Balaban J connectivity index is 1.33. The van der Waals surface area contributed by atoms with E-state index < -0.39 is 0 Å². The van der Waals surface area contributed by atoms with Crippen molar-refractivity contribution in [3.63, 3.8) is 0 Å². The van der Waals surface area contributed by atoms with E-state index in [9.17, 15) is 0 Å². The number of nitrogens with one attached hydrogen (secondary N) is 1. The number of aryl methyl sites for hydroxylation is 1. The number of aromatic nitrogens is 4. The van der Waals surface area contributed by atoms with Crippen LogP contribution in [0.2, 0.25) is 0 Å². The molecule has 4 rings (SSSR count). The highest BCUT2D eigenvalue weighted by Crippen LogP contribution is 2.36. The first-order valence-electron chi connectivity index (χ1n) is 9.09. The molecule has 2 aliphatic heterocycles. The Hall–Kier alpha value is -1.99. The number of likely N-dealkylation sites (tertiary alicyclic amines) is 1. The van der Waals surface area contributed by atoms with E-state index in [1.165, 1.54) is 5.69 Å². The van der Waals surface area contributed by atoms with E-state index in [0.29, 0.717) is 6.04 Å². The molecule has 2 saturated heterocycles. The third-order valence-electron chi connectivity index (χ3n) is 5.47. The zero-order chi connectivity index (χ0) is 17.1. The van der Waals surface area contributed by atoms with E-state index >= 15 is 0 Å². The molecule has 0 amide bonds. The Kier molecular flexibility index (Phi) is 4.67. The molecule has 2 fully saturated rings. The topological polar surface area (TPSA) is 68.1 Å². The van der Waals surface area contributed by atoms with Gasteiger partial charge in [0.05, 0.1) is 11.3 Å². The molecule has 0 aromatic carbocycles. The zero-order valence-electron chi connectivity index (χ0n) is 14.8. The number of piperidine rings is 1. The SMILES string of the molecule is Cn1nccc1CN1CCC2(CC1)C[C@H](Nc1ncccn1)CCO2. The van der Waals surface area contributed by atoms with Gasteiger partial charge < -0.3 is 10.1 Å². The summed E-state index contributed by atoms with van der Waals surface area (Å²) in [5.41, 5.74) is 1.27. The van der Waals surface area contributed by atoms with Crippen molar-refractivity contribution in [1.29, 1.82) is 0 Å². The number of hydrogen-bond donors (Lipinski definition) is 1. The normalized spacial score (nSPS) is 23.6. The van der Waals surface area contributed by atoms with Gasteiger partial charge in [-0.15, -0.1) is 0 Å². The molecular weight excluding hydrogens is 316 g/mol. The molecule has 4 heterocycles. The van der Waals surface area contributed by atoms with Gasteiger partial charge in [-0.05, 0) is 37.8 Å². The van der Waals surface area contributed by atoms with Crippen molar-refractivity contribution in [3.05, 3.63) is 36.4 Å². The standard InChI is InChI=1S/C18H26N6O/c1-23-16(3-9-21-23)14-24-10-5-18(6-11-24)13-15(4-12-25-18)22-17-19-7-2-8-20-17/h2-3,7-9,15H,4-6,10-14H2,1H3,(H,19,20,22)/t15-/m1/s1. The monoisotopic (exact) mass is 342 g/mol. The molecule has 7 nitrogen and oxygen atoms in total. The van der Waals surface area contributed by atoms with Crippen molar-refractivity contribution >= 4 is 5.95 Å². The van der Waals surface area contributed by atoms with Crippen LogP contribution in [0.4, 0.5) is 5.95 Å². The van der Waals surface area contributed by atoms with Crippen LogP contribution in [0.25, 0.3) is 0 Å². The summed E-state index contributed by atoms with van der Waals surface area (Å²) < 4.78 is 8.22. The van der Waals surface area contributed by atoms with Crippen molar-refractivity contribution < 1.29 is 4.74 Å². The number of ether oxygens (including phenoxy) is 1. The molecule has 25 heavy (non-hydrogen) atoms. The third kappa shape index (κ3) is 3.82. The van der Waals surface area contributed by atoms with Crippen molar-refractivity contribution in [2.45, 2.75) is 43.9 Å². The van der Waals surface area contributed by atoms with E-state index in [2.05, 4.69) is 31.3 Å². The maximum Gasteiger partial charge on any atom is 0.222 e. The second-order valence-corrected chi connectivity index (χ2v) is 7.16. The average Bonchev–Trinajstić information content (AvgIpc) is 3.03. The second kappa shape index (κ2) is 7.09. The molecule has 0 bridgehead atoms. The fourth-order valence-corrected chi connectivity index (χ4v) is 3.96. The summed E-state index contributed by atoms with van der Waals surface area (Å²) in [6.07, 6.45) is 9.64. The summed E-state index contributed by atoms with van der Waals surface area (Å²) in [5.74, 6) is 0.721. The molecule has 1 N–H and O–H groups in total. The minimum atomic E-state index is 0.00759. The summed E-state index contributed by atoms with van der Waals surface area (Å²) >= 11 is 0. The van der Waals surface area contributed by atoms with Crippen molar-refractivity contribution in [1.82, 2.24) is 24.6 Å². The average molecular weight is 342 g/mol. The van der Waals surface area contributed by atoms with Crippen LogP contribution in [0.5, 0.6) is 0 Å². The van der Waals surface area contributed by atoms with Crippen LogP contribution < -0.4 is 5.32 Å². The first-order chi connectivity index (χ1) is 12.2. The summed E-state index contributed by atoms with van der Waals surface area (Å²) in [6.45, 7) is 3.91. The van der Waals surface area contributed by atoms with E-state index in [-0.39, 0.29) is 5.60 Å². The highest BCUT2D eigenvalue weighted by molar-refractivity contribution is 5.25. The lowest BCUT2D eigenvalue weighted by molar-refractivity contribution is -0.115. The lowest BCUT2D eigenvalue weighted by Crippen LogP contribution is -2.51. The Labute approximate surface area is 148 Å².